The van der Waals surface area contributed by atoms with Gasteiger partial charge in [0.1, 0.15) is 0 Å². The first-order chi connectivity index (χ1) is 8.50. The third kappa shape index (κ3) is 3.32. The lowest BCUT2D eigenvalue weighted by atomic mass is 9.87. The van der Waals surface area contributed by atoms with Crippen LogP contribution in [0.4, 0.5) is 0 Å². The van der Waals surface area contributed by atoms with Crippen LogP contribution in [0, 0.1) is 11.8 Å². The van der Waals surface area contributed by atoms with Crippen LogP contribution >= 0.6 is 0 Å². The zero-order chi connectivity index (χ0) is 13.2. The third-order valence-corrected chi connectivity index (χ3v) is 5.45. The van der Waals surface area contributed by atoms with Gasteiger partial charge in [0.05, 0.1) is 17.7 Å². The van der Waals surface area contributed by atoms with Crippen molar-refractivity contribution in [2.24, 2.45) is 18.9 Å². The average Bonchev–Trinajstić information content (AvgIpc) is 2.84. The van der Waals surface area contributed by atoms with Gasteiger partial charge < -0.3 is 5.32 Å². The minimum absolute atomic E-state index is 0.280. The van der Waals surface area contributed by atoms with Gasteiger partial charge in [-0.3, -0.25) is 4.68 Å². The van der Waals surface area contributed by atoms with Crippen LogP contribution in [0.25, 0.3) is 0 Å². The minimum atomic E-state index is -2.79. The predicted octanol–water partition coefficient (Wildman–Crippen LogP) is 0.233. The highest BCUT2D eigenvalue weighted by atomic mass is 32.2. The number of sulfone groups is 1. The normalized spacial score (nSPS) is 24.2. The van der Waals surface area contributed by atoms with E-state index in [9.17, 15) is 8.42 Å². The molecule has 0 aliphatic carbocycles. The lowest BCUT2D eigenvalue weighted by molar-refractivity contribution is 0.352. The molecule has 0 aromatic carbocycles. The summed E-state index contributed by atoms with van der Waals surface area (Å²) in [6.45, 7) is 0.856. The standard InChI is InChI=1S/C12H21N3O2S/c1-13-7-12(5-10-6-14-15(2)8-10)11-3-4-18(16,17)9-11/h6,8,11-13H,3-5,7,9H2,1-2H3. The Balaban J connectivity index is 2.04. The molecule has 5 nitrogen and oxygen atoms in total. The van der Waals surface area contributed by atoms with Gasteiger partial charge in [-0.1, -0.05) is 0 Å². The number of hydrogen-bond acceptors (Lipinski definition) is 4. The molecule has 18 heavy (non-hydrogen) atoms. The van der Waals surface area contributed by atoms with Gasteiger partial charge in [-0.2, -0.15) is 5.10 Å². The zero-order valence-electron chi connectivity index (χ0n) is 11.0. The second kappa shape index (κ2) is 5.40. The largest absolute Gasteiger partial charge is 0.319 e. The highest BCUT2D eigenvalue weighted by Crippen LogP contribution is 2.28. The summed E-state index contributed by atoms with van der Waals surface area (Å²) in [5, 5.41) is 7.34. The van der Waals surface area contributed by atoms with Crippen LogP contribution in [0.5, 0.6) is 0 Å². The summed E-state index contributed by atoms with van der Waals surface area (Å²) >= 11 is 0. The lowest BCUT2D eigenvalue weighted by Gasteiger charge is -2.21. The molecule has 2 rings (SSSR count). The van der Waals surface area contributed by atoms with E-state index in [1.165, 1.54) is 5.56 Å². The number of aryl methyl sites for hydroxylation is 1. The summed E-state index contributed by atoms with van der Waals surface area (Å²) in [6, 6.07) is 0. The first kappa shape index (κ1) is 13.5. The maximum absolute atomic E-state index is 11.6. The lowest BCUT2D eigenvalue weighted by Crippen LogP contribution is -2.28. The van der Waals surface area contributed by atoms with Crippen molar-refractivity contribution >= 4 is 9.84 Å². The second-order valence-electron chi connectivity index (χ2n) is 5.21. The van der Waals surface area contributed by atoms with Gasteiger partial charge in [0.2, 0.25) is 0 Å². The van der Waals surface area contributed by atoms with E-state index in [-0.39, 0.29) is 5.92 Å². The molecule has 1 aliphatic rings. The Bertz CT molecular complexity index is 495. The fraction of sp³-hybridized carbons (Fsp3) is 0.750. The van der Waals surface area contributed by atoms with E-state index in [0.29, 0.717) is 17.4 Å². The van der Waals surface area contributed by atoms with Gasteiger partial charge in [-0.15, -0.1) is 0 Å². The maximum atomic E-state index is 11.6. The Kier molecular flexibility index (Phi) is 4.07. The fourth-order valence-electron chi connectivity index (χ4n) is 2.74. The van der Waals surface area contributed by atoms with Crippen molar-refractivity contribution in [1.82, 2.24) is 15.1 Å². The number of nitrogens with one attached hydrogen (secondary N) is 1. The van der Waals surface area contributed by atoms with Gasteiger partial charge in [0.15, 0.2) is 9.84 Å². The summed E-state index contributed by atoms with van der Waals surface area (Å²) in [5.41, 5.74) is 1.18. The van der Waals surface area contributed by atoms with E-state index < -0.39 is 9.84 Å². The third-order valence-electron chi connectivity index (χ3n) is 3.66. The molecule has 0 amide bonds. The molecule has 2 heterocycles. The summed E-state index contributed by atoms with van der Waals surface area (Å²) in [5.74, 6) is 1.35. The zero-order valence-corrected chi connectivity index (χ0v) is 11.8. The van der Waals surface area contributed by atoms with Crippen LogP contribution < -0.4 is 5.32 Å². The van der Waals surface area contributed by atoms with Crippen molar-refractivity contribution in [1.29, 1.82) is 0 Å². The number of nitrogens with zero attached hydrogens (tertiary/aromatic N) is 2. The Morgan fingerprint density at radius 1 is 1.61 bits per heavy atom. The van der Waals surface area contributed by atoms with Gasteiger partial charge in [0, 0.05) is 13.2 Å². The van der Waals surface area contributed by atoms with Crippen molar-refractivity contribution in [3.8, 4) is 0 Å². The topological polar surface area (TPSA) is 64.0 Å². The summed E-state index contributed by atoms with van der Waals surface area (Å²) in [7, 11) is 1.02. The molecule has 0 spiro atoms. The molecule has 1 aliphatic heterocycles. The van der Waals surface area contributed by atoms with E-state index in [4.69, 9.17) is 0 Å². The molecule has 2 unspecified atom stereocenters. The molecule has 102 valence electrons. The fourth-order valence-corrected chi connectivity index (χ4v) is 4.66. The molecule has 0 saturated carbocycles. The van der Waals surface area contributed by atoms with Gasteiger partial charge in [-0.25, -0.2) is 8.42 Å². The molecular weight excluding hydrogens is 250 g/mol. The Hall–Kier alpha value is -0.880. The Morgan fingerprint density at radius 3 is 2.89 bits per heavy atom. The van der Waals surface area contributed by atoms with Crippen molar-refractivity contribution in [3.63, 3.8) is 0 Å². The SMILES string of the molecule is CNCC(Cc1cnn(C)c1)C1CCS(=O)(=O)C1. The molecule has 1 fully saturated rings. The highest BCUT2D eigenvalue weighted by molar-refractivity contribution is 7.91. The quantitative estimate of drug-likeness (QED) is 0.833. The van der Waals surface area contributed by atoms with E-state index >= 15 is 0 Å². The summed E-state index contributed by atoms with van der Waals surface area (Å²) in [6.07, 6.45) is 5.57. The maximum Gasteiger partial charge on any atom is 0.150 e. The average molecular weight is 271 g/mol. The molecule has 0 bridgehead atoms. The van der Waals surface area contributed by atoms with Crippen LogP contribution in [-0.2, 0) is 23.3 Å². The van der Waals surface area contributed by atoms with Crippen LogP contribution in [0.1, 0.15) is 12.0 Å². The Labute approximate surface area is 108 Å². The smallest absolute Gasteiger partial charge is 0.150 e. The van der Waals surface area contributed by atoms with E-state index in [1.807, 2.05) is 26.5 Å². The van der Waals surface area contributed by atoms with Crippen molar-refractivity contribution < 1.29 is 8.42 Å². The molecule has 1 aromatic heterocycles. The first-order valence-electron chi connectivity index (χ1n) is 6.33. The molecule has 6 heteroatoms. The molecular formula is C12H21N3O2S. The van der Waals surface area contributed by atoms with Crippen LogP contribution in [0.3, 0.4) is 0 Å². The van der Waals surface area contributed by atoms with E-state index in [2.05, 4.69) is 10.4 Å². The molecule has 1 saturated heterocycles. The second-order valence-corrected chi connectivity index (χ2v) is 7.44. The van der Waals surface area contributed by atoms with Crippen molar-refractivity contribution in [2.45, 2.75) is 12.8 Å². The minimum Gasteiger partial charge on any atom is -0.319 e. The molecule has 1 N–H and O–H groups in total. The van der Waals surface area contributed by atoms with Gasteiger partial charge >= 0.3 is 0 Å². The number of hydrogen-bond donors (Lipinski definition) is 1. The predicted molar refractivity (Wildman–Crippen MR) is 71.1 cm³/mol. The monoisotopic (exact) mass is 271 g/mol. The van der Waals surface area contributed by atoms with Crippen LogP contribution in [0.15, 0.2) is 12.4 Å². The summed E-state index contributed by atoms with van der Waals surface area (Å²) in [4.78, 5) is 0. The molecule has 0 radical (unpaired) electrons. The Morgan fingerprint density at radius 2 is 2.39 bits per heavy atom. The number of aromatic nitrogens is 2. The highest BCUT2D eigenvalue weighted by Gasteiger charge is 2.33. The van der Waals surface area contributed by atoms with E-state index in [0.717, 1.165) is 19.4 Å². The van der Waals surface area contributed by atoms with Crippen LogP contribution in [-0.4, -0.2) is 43.3 Å². The van der Waals surface area contributed by atoms with Crippen molar-refractivity contribution in [2.75, 3.05) is 25.1 Å². The number of rotatable bonds is 5. The summed E-state index contributed by atoms with van der Waals surface area (Å²) < 4.78 is 24.9. The van der Waals surface area contributed by atoms with Gasteiger partial charge in [0.25, 0.3) is 0 Å². The van der Waals surface area contributed by atoms with E-state index in [1.54, 1.807) is 4.68 Å². The van der Waals surface area contributed by atoms with Crippen LogP contribution in [0.2, 0.25) is 0 Å². The van der Waals surface area contributed by atoms with Gasteiger partial charge in [-0.05, 0) is 43.8 Å². The first-order valence-corrected chi connectivity index (χ1v) is 8.15. The molecule has 1 aromatic rings. The van der Waals surface area contributed by atoms with Crippen molar-refractivity contribution in [3.05, 3.63) is 18.0 Å². The molecule has 2 atom stereocenters.